The molecule has 0 spiro atoms. The number of anilines is 1. The number of hydrogen-bond donors (Lipinski definition) is 2. The number of rotatable bonds is 6. The van der Waals surface area contributed by atoms with Crippen molar-refractivity contribution < 1.29 is 0 Å². The number of hydrazine groups is 1. The largest absolute Gasteiger partial charge is 0.308 e. The smallest absolute Gasteiger partial charge is 0.144 e. The average Bonchev–Trinajstić information content (AvgIpc) is 2.25. The lowest BCUT2D eigenvalue weighted by atomic mass is 10.3. The zero-order valence-electron chi connectivity index (χ0n) is 8.36. The van der Waals surface area contributed by atoms with Crippen molar-refractivity contribution in [3.63, 3.8) is 0 Å². The molecule has 0 atom stereocenters. The molecule has 0 bridgehead atoms. The Bertz CT molecular complexity index is 267. The van der Waals surface area contributed by atoms with Crippen molar-refractivity contribution in [2.24, 2.45) is 5.84 Å². The van der Waals surface area contributed by atoms with Crippen LogP contribution in [0, 0.1) is 0 Å². The van der Waals surface area contributed by atoms with Crippen molar-refractivity contribution in [1.29, 1.82) is 0 Å². The van der Waals surface area contributed by atoms with Crippen LogP contribution in [0.4, 0.5) is 5.82 Å². The van der Waals surface area contributed by atoms with E-state index in [4.69, 9.17) is 5.84 Å². The van der Waals surface area contributed by atoms with E-state index < -0.39 is 0 Å². The minimum absolute atomic E-state index is 0.665. The molecule has 0 aromatic carbocycles. The van der Waals surface area contributed by atoms with Gasteiger partial charge in [0.25, 0.3) is 0 Å². The summed E-state index contributed by atoms with van der Waals surface area (Å²) in [4.78, 5) is 8.08. The standard InChI is InChI=1S/C9H16N4S/c1-2-3-4-5-14-9-6-8(13-10)11-7-12-9/h6-7H,2-5,10H2,1H3,(H,11,12,13). The van der Waals surface area contributed by atoms with E-state index in [0.717, 1.165) is 10.8 Å². The Labute approximate surface area is 88.7 Å². The zero-order valence-corrected chi connectivity index (χ0v) is 9.18. The van der Waals surface area contributed by atoms with Crippen molar-refractivity contribution in [3.8, 4) is 0 Å². The van der Waals surface area contributed by atoms with Crippen molar-refractivity contribution >= 4 is 17.6 Å². The monoisotopic (exact) mass is 212 g/mol. The first kappa shape index (κ1) is 11.3. The zero-order chi connectivity index (χ0) is 10.2. The highest BCUT2D eigenvalue weighted by molar-refractivity contribution is 7.99. The number of nitrogens with one attached hydrogen (secondary N) is 1. The second-order valence-electron chi connectivity index (χ2n) is 2.94. The molecule has 1 aromatic rings. The number of aromatic nitrogens is 2. The van der Waals surface area contributed by atoms with Gasteiger partial charge in [0.2, 0.25) is 0 Å². The van der Waals surface area contributed by atoms with Gasteiger partial charge >= 0.3 is 0 Å². The third kappa shape index (κ3) is 3.93. The molecule has 0 aliphatic rings. The maximum absolute atomic E-state index is 5.25. The highest BCUT2D eigenvalue weighted by Gasteiger charge is 1.97. The third-order valence-corrected chi connectivity index (χ3v) is 2.80. The summed E-state index contributed by atoms with van der Waals surface area (Å²) >= 11 is 1.74. The second kappa shape index (κ2) is 6.62. The van der Waals surface area contributed by atoms with E-state index in [9.17, 15) is 0 Å². The molecule has 0 saturated carbocycles. The van der Waals surface area contributed by atoms with Crippen LogP contribution in [0.5, 0.6) is 0 Å². The van der Waals surface area contributed by atoms with Crippen LogP contribution < -0.4 is 11.3 Å². The fraction of sp³-hybridized carbons (Fsp3) is 0.556. The van der Waals surface area contributed by atoms with E-state index >= 15 is 0 Å². The molecule has 0 aliphatic carbocycles. The first-order valence-electron chi connectivity index (χ1n) is 4.78. The number of nitrogens with zero attached hydrogens (tertiary/aromatic N) is 2. The molecule has 0 radical (unpaired) electrons. The van der Waals surface area contributed by atoms with Gasteiger partial charge in [0.05, 0.1) is 0 Å². The Kier molecular flexibility index (Phi) is 5.32. The summed E-state index contributed by atoms with van der Waals surface area (Å²) in [5.74, 6) is 7.02. The van der Waals surface area contributed by atoms with E-state index in [2.05, 4.69) is 22.3 Å². The fourth-order valence-electron chi connectivity index (χ4n) is 1.03. The SMILES string of the molecule is CCCCCSc1cc(NN)ncn1. The number of hydrogen-bond acceptors (Lipinski definition) is 5. The summed E-state index contributed by atoms with van der Waals surface area (Å²) < 4.78 is 0. The molecule has 14 heavy (non-hydrogen) atoms. The first-order valence-corrected chi connectivity index (χ1v) is 5.77. The molecule has 0 aliphatic heterocycles. The molecule has 78 valence electrons. The maximum atomic E-state index is 5.25. The Morgan fingerprint density at radius 2 is 2.29 bits per heavy atom. The molecule has 0 saturated heterocycles. The van der Waals surface area contributed by atoms with E-state index in [1.54, 1.807) is 11.8 Å². The fourth-order valence-corrected chi connectivity index (χ4v) is 1.90. The molecule has 1 heterocycles. The lowest BCUT2D eigenvalue weighted by Gasteiger charge is -2.02. The van der Waals surface area contributed by atoms with Gasteiger partial charge in [0.1, 0.15) is 17.2 Å². The van der Waals surface area contributed by atoms with Gasteiger partial charge in [-0.15, -0.1) is 11.8 Å². The lowest BCUT2D eigenvalue weighted by molar-refractivity contribution is 0.778. The summed E-state index contributed by atoms with van der Waals surface area (Å²) in [5.41, 5.74) is 2.50. The van der Waals surface area contributed by atoms with Crippen LogP contribution in [-0.2, 0) is 0 Å². The number of nitrogen functional groups attached to an aromatic ring is 1. The number of unbranched alkanes of at least 4 members (excludes halogenated alkanes) is 2. The normalized spacial score (nSPS) is 10.1. The molecular formula is C9H16N4S. The molecule has 3 N–H and O–H groups in total. The van der Waals surface area contributed by atoms with Gasteiger partial charge in [0.15, 0.2) is 0 Å². The molecule has 0 unspecified atom stereocenters. The topological polar surface area (TPSA) is 63.8 Å². The molecule has 4 nitrogen and oxygen atoms in total. The van der Waals surface area contributed by atoms with Gasteiger partial charge < -0.3 is 5.43 Å². The van der Waals surface area contributed by atoms with Crippen LogP contribution in [0.15, 0.2) is 17.4 Å². The molecule has 1 rings (SSSR count). The quantitative estimate of drug-likeness (QED) is 0.248. The van der Waals surface area contributed by atoms with E-state index in [1.165, 1.54) is 25.6 Å². The van der Waals surface area contributed by atoms with E-state index in [-0.39, 0.29) is 0 Å². The molecule has 0 fully saturated rings. The van der Waals surface area contributed by atoms with Gasteiger partial charge in [-0.1, -0.05) is 19.8 Å². The highest BCUT2D eigenvalue weighted by atomic mass is 32.2. The molecule has 0 amide bonds. The van der Waals surface area contributed by atoms with E-state index in [1.807, 2.05) is 6.07 Å². The summed E-state index contributed by atoms with van der Waals surface area (Å²) in [6, 6.07) is 1.86. The predicted molar refractivity (Wildman–Crippen MR) is 60.1 cm³/mol. The van der Waals surface area contributed by atoms with Gasteiger partial charge in [-0.2, -0.15) is 0 Å². The van der Waals surface area contributed by atoms with Crippen molar-refractivity contribution in [2.45, 2.75) is 31.2 Å². The molecule has 1 aromatic heterocycles. The number of thioether (sulfide) groups is 1. The van der Waals surface area contributed by atoms with Crippen molar-refractivity contribution in [2.75, 3.05) is 11.2 Å². The van der Waals surface area contributed by atoms with Crippen molar-refractivity contribution in [3.05, 3.63) is 12.4 Å². The summed E-state index contributed by atoms with van der Waals surface area (Å²) in [6.07, 6.45) is 5.29. The van der Waals surface area contributed by atoms with Crippen LogP contribution >= 0.6 is 11.8 Å². The summed E-state index contributed by atoms with van der Waals surface area (Å²) in [5, 5.41) is 0.976. The Morgan fingerprint density at radius 3 is 3.00 bits per heavy atom. The summed E-state index contributed by atoms with van der Waals surface area (Å²) in [6.45, 7) is 2.20. The minimum Gasteiger partial charge on any atom is -0.308 e. The predicted octanol–water partition coefficient (Wildman–Crippen LogP) is 2.04. The average molecular weight is 212 g/mol. The Balaban J connectivity index is 2.34. The van der Waals surface area contributed by atoms with Crippen LogP contribution in [0.25, 0.3) is 0 Å². The van der Waals surface area contributed by atoms with E-state index in [0.29, 0.717) is 5.82 Å². The Hall–Kier alpha value is -0.810. The minimum atomic E-state index is 0.665. The number of nitrogens with two attached hydrogens (primary N) is 1. The molecular weight excluding hydrogens is 196 g/mol. The van der Waals surface area contributed by atoms with Gasteiger partial charge in [-0.3, -0.25) is 0 Å². The van der Waals surface area contributed by atoms with Crippen molar-refractivity contribution in [1.82, 2.24) is 9.97 Å². The van der Waals surface area contributed by atoms with Gasteiger partial charge in [0, 0.05) is 6.07 Å². The first-order chi connectivity index (χ1) is 6.86. The van der Waals surface area contributed by atoms with Crippen LogP contribution in [0.1, 0.15) is 26.2 Å². The van der Waals surface area contributed by atoms with Crippen LogP contribution in [0.3, 0.4) is 0 Å². The second-order valence-corrected chi connectivity index (χ2v) is 4.06. The summed E-state index contributed by atoms with van der Waals surface area (Å²) in [7, 11) is 0. The van der Waals surface area contributed by atoms with Crippen LogP contribution in [0.2, 0.25) is 0 Å². The lowest BCUT2D eigenvalue weighted by Crippen LogP contribution is -2.08. The molecule has 5 heteroatoms. The Morgan fingerprint density at radius 1 is 1.43 bits per heavy atom. The third-order valence-electron chi connectivity index (χ3n) is 1.79. The van der Waals surface area contributed by atoms with Crippen LogP contribution in [-0.4, -0.2) is 15.7 Å². The van der Waals surface area contributed by atoms with Gasteiger partial charge in [-0.25, -0.2) is 15.8 Å². The van der Waals surface area contributed by atoms with Gasteiger partial charge in [-0.05, 0) is 12.2 Å². The maximum Gasteiger partial charge on any atom is 0.144 e. The highest BCUT2D eigenvalue weighted by Crippen LogP contribution is 2.18.